The van der Waals surface area contributed by atoms with Crippen molar-refractivity contribution in [3.05, 3.63) is 48.5 Å². The number of carbonyl (C=O) groups excluding carboxylic acids is 1. The van der Waals surface area contributed by atoms with E-state index >= 15 is 0 Å². The molecule has 0 aliphatic heterocycles. The summed E-state index contributed by atoms with van der Waals surface area (Å²) >= 11 is 0. The first kappa shape index (κ1) is 22.5. The molecule has 0 saturated heterocycles. The Morgan fingerprint density at radius 2 is 1.72 bits per heavy atom. The lowest BCUT2D eigenvalue weighted by Gasteiger charge is -2.20. The first-order valence-electron chi connectivity index (χ1n) is 8.93. The summed E-state index contributed by atoms with van der Waals surface area (Å²) in [7, 11) is 0.351. The van der Waals surface area contributed by atoms with E-state index in [0.717, 1.165) is 4.31 Å². The molecule has 0 saturated carbocycles. The van der Waals surface area contributed by atoms with Gasteiger partial charge < -0.3 is 19.5 Å². The van der Waals surface area contributed by atoms with Crippen molar-refractivity contribution in [2.75, 3.05) is 34.4 Å². The highest BCUT2D eigenvalue weighted by atomic mass is 32.2. The van der Waals surface area contributed by atoms with E-state index in [-0.39, 0.29) is 29.8 Å². The van der Waals surface area contributed by atoms with Crippen LogP contribution in [-0.2, 0) is 14.8 Å². The van der Waals surface area contributed by atoms with Gasteiger partial charge in [-0.25, -0.2) is 8.42 Å². The molecular weight excluding hydrogens is 396 g/mol. The molecule has 0 radical (unpaired) electrons. The van der Waals surface area contributed by atoms with Crippen LogP contribution < -0.4 is 19.5 Å². The van der Waals surface area contributed by atoms with E-state index in [0.29, 0.717) is 11.5 Å². The van der Waals surface area contributed by atoms with Crippen molar-refractivity contribution in [1.82, 2.24) is 9.62 Å². The second kappa shape index (κ2) is 10.1. The van der Waals surface area contributed by atoms with Crippen molar-refractivity contribution in [1.29, 1.82) is 0 Å². The Morgan fingerprint density at radius 3 is 2.34 bits per heavy atom. The summed E-state index contributed by atoms with van der Waals surface area (Å²) in [5, 5.41) is 2.73. The summed E-state index contributed by atoms with van der Waals surface area (Å²) in [6.07, 6.45) is 0. The molecule has 0 aromatic heterocycles. The fourth-order valence-corrected chi connectivity index (χ4v) is 3.69. The number of nitrogens with zero attached hydrogens (tertiary/aromatic N) is 1. The monoisotopic (exact) mass is 422 g/mol. The Balaban J connectivity index is 1.95. The molecule has 2 aromatic carbocycles. The number of amides is 1. The van der Waals surface area contributed by atoms with Gasteiger partial charge in [-0.1, -0.05) is 18.2 Å². The van der Waals surface area contributed by atoms with Crippen LogP contribution in [0.2, 0.25) is 0 Å². The minimum absolute atomic E-state index is 0.00547. The number of methoxy groups -OCH3 is 2. The van der Waals surface area contributed by atoms with Gasteiger partial charge in [-0.3, -0.25) is 4.79 Å². The van der Waals surface area contributed by atoms with Gasteiger partial charge in [0.05, 0.1) is 31.7 Å². The lowest BCUT2D eigenvalue weighted by Crippen LogP contribution is -2.43. The van der Waals surface area contributed by atoms with Gasteiger partial charge in [-0.2, -0.15) is 4.31 Å². The summed E-state index contributed by atoms with van der Waals surface area (Å²) in [5.74, 6) is 0.972. The van der Waals surface area contributed by atoms with Gasteiger partial charge in [0.1, 0.15) is 12.4 Å². The van der Waals surface area contributed by atoms with Crippen LogP contribution in [0.3, 0.4) is 0 Å². The molecule has 9 heteroatoms. The molecule has 2 rings (SSSR count). The lowest BCUT2D eigenvalue weighted by molar-refractivity contribution is -0.121. The van der Waals surface area contributed by atoms with Crippen molar-refractivity contribution >= 4 is 15.9 Å². The van der Waals surface area contributed by atoms with E-state index in [4.69, 9.17) is 14.2 Å². The first-order valence-corrected chi connectivity index (χ1v) is 10.4. The van der Waals surface area contributed by atoms with Gasteiger partial charge in [0.15, 0.2) is 11.5 Å². The molecule has 8 nitrogen and oxygen atoms in total. The Kier molecular flexibility index (Phi) is 7.86. The molecule has 0 aliphatic rings. The zero-order chi connectivity index (χ0) is 21.4. The minimum atomic E-state index is -3.88. The fourth-order valence-electron chi connectivity index (χ4n) is 2.54. The summed E-state index contributed by atoms with van der Waals surface area (Å²) in [4.78, 5) is 12.3. The molecule has 0 heterocycles. The average Bonchev–Trinajstić information content (AvgIpc) is 2.72. The van der Waals surface area contributed by atoms with Gasteiger partial charge in [-0.15, -0.1) is 0 Å². The van der Waals surface area contributed by atoms with E-state index < -0.39 is 15.9 Å². The third-order valence-corrected chi connectivity index (χ3v) is 5.88. The molecular formula is C20H26N2O6S. The normalized spacial score (nSPS) is 12.3. The number of benzene rings is 2. The van der Waals surface area contributed by atoms with Crippen LogP contribution in [0.25, 0.3) is 0 Å². The number of carbonyl (C=O) groups is 1. The largest absolute Gasteiger partial charge is 0.493 e. The molecule has 29 heavy (non-hydrogen) atoms. The fraction of sp³-hybridized carbons (Fsp3) is 0.350. The van der Waals surface area contributed by atoms with Crippen LogP contribution in [0.4, 0.5) is 0 Å². The predicted molar refractivity (Wildman–Crippen MR) is 109 cm³/mol. The van der Waals surface area contributed by atoms with Gasteiger partial charge in [0, 0.05) is 13.1 Å². The van der Waals surface area contributed by atoms with Crippen LogP contribution in [0.15, 0.2) is 53.4 Å². The SMILES string of the molecule is COc1ccc(S(=O)(=O)N(C)CC(=O)N[C@@H](C)COc2ccccc2)cc1OC. The highest BCUT2D eigenvalue weighted by Crippen LogP contribution is 2.30. The molecule has 0 bridgehead atoms. The van der Waals surface area contributed by atoms with Crippen molar-refractivity contribution < 1.29 is 27.4 Å². The Hall–Kier alpha value is -2.78. The van der Waals surface area contributed by atoms with E-state index in [2.05, 4.69) is 5.32 Å². The van der Waals surface area contributed by atoms with Crippen molar-refractivity contribution in [3.63, 3.8) is 0 Å². The van der Waals surface area contributed by atoms with Crippen LogP contribution in [0.5, 0.6) is 17.2 Å². The van der Waals surface area contributed by atoms with Gasteiger partial charge in [0.2, 0.25) is 15.9 Å². The maximum absolute atomic E-state index is 12.8. The molecule has 2 aromatic rings. The predicted octanol–water partition coefficient (Wildman–Crippen LogP) is 1.91. The molecule has 1 N–H and O–H groups in total. The number of rotatable bonds is 10. The second-order valence-corrected chi connectivity index (χ2v) is 8.42. The molecule has 0 aliphatic carbocycles. The average molecular weight is 423 g/mol. The first-order chi connectivity index (χ1) is 13.8. The second-order valence-electron chi connectivity index (χ2n) is 6.37. The number of sulfonamides is 1. The van der Waals surface area contributed by atoms with E-state index in [1.54, 1.807) is 6.92 Å². The summed E-state index contributed by atoms with van der Waals surface area (Å²) in [6, 6.07) is 13.2. The van der Waals surface area contributed by atoms with Crippen molar-refractivity contribution in [2.45, 2.75) is 17.9 Å². The lowest BCUT2D eigenvalue weighted by atomic mass is 10.3. The molecule has 0 fully saturated rings. The highest BCUT2D eigenvalue weighted by Gasteiger charge is 2.25. The molecule has 1 amide bonds. The Labute approximate surface area is 171 Å². The maximum Gasteiger partial charge on any atom is 0.243 e. The Morgan fingerprint density at radius 1 is 1.07 bits per heavy atom. The highest BCUT2D eigenvalue weighted by molar-refractivity contribution is 7.89. The number of nitrogens with one attached hydrogen (secondary N) is 1. The summed E-state index contributed by atoms with van der Waals surface area (Å²) in [6.45, 7) is 1.72. The Bertz CT molecular complexity index is 918. The number of hydrogen-bond acceptors (Lipinski definition) is 6. The van der Waals surface area contributed by atoms with Crippen molar-refractivity contribution in [3.8, 4) is 17.2 Å². The smallest absolute Gasteiger partial charge is 0.243 e. The third kappa shape index (κ3) is 6.10. The third-order valence-electron chi connectivity index (χ3n) is 4.08. The zero-order valence-corrected chi connectivity index (χ0v) is 17.7. The van der Waals surface area contributed by atoms with E-state index in [1.165, 1.54) is 39.5 Å². The molecule has 158 valence electrons. The standard InChI is InChI=1S/C20H26N2O6S/c1-15(14-28-16-8-6-5-7-9-16)21-20(23)13-22(2)29(24,25)17-10-11-18(26-3)19(12-17)27-4/h5-12,15H,13-14H2,1-4H3,(H,21,23)/t15-/m0/s1. The number of ether oxygens (including phenoxy) is 3. The minimum Gasteiger partial charge on any atom is -0.493 e. The van der Waals surface area contributed by atoms with Crippen LogP contribution in [-0.4, -0.2) is 59.1 Å². The van der Waals surface area contributed by atoms with Crippen LogP contribution >= 0.6 is 0 Å². The summed E-state index contributed by atoms with van der Waals surface area (Å²) < 4.78 is 42.3. The molecule has 0 spiro atoms. The van der Waals surface area contributed by atoms with Gasteiger partial charge in [0.25, 0.3) is 0 Å². The molecule has 0 unspecified atom stereocenters. The van der Waals surface area contributed by atoms with Crippen molar-refractivity contribution in [2.24, 2.45) is 0 Å². The van der Waals surface area contributed by atoms with E-state index in [9.17, 15) is 13.2 Å². The van der Waals surface area contributed by atoms with Gasteiger partial charge in [-0.05, 0) is 31.2 Å². The van der Waals surface area contributed by atoms with Crippen LogP contribution in [0, 0.1) is 0 Å². The van der Waals surface area contributed by atoms with E-state index in [1.807, 2.05) is 30.3 Å². The van der Waals surface area contributed by atoms with Gasteiger partial charge >= 0.3 is 0 Å². The summed E-state index contributed by atoms with van der Waals surface area (Å²) in [5.41, 5.74) is 0. The molecule has 1 atom stereocenters. The zero-order valence-electron chi connectivity index (χ0n) is 16.9. The number of para-hydroxylation sites is 1. The number of hydrogen-bond donors (Lipinski definition) is 1. The quantitative estimate of drug-likeness (QED) is 0.629. The topological polar surface area (TPSA) is 94.2 Å². The van der Waals surface area contributed by atoms with Crippen LogP contribution in [0.1, 0.15) is 6.92 Å². The maximum atomic E-state index is 12.8. The number of likely N-dealkylation sites (N-methyl/N-ethyl adjacent to an activating group) is 1.